The summed E-state index contributed by atoms with van der Waals surface area (Å²) in [5.74, 6) is 1.76. The topological polar surface area (TPSA) is 55.0 Å². The lowest BCUT2D eigenvalue weighted by molar-refractivity contribution is 0.565. The summed E-state index contributed by atoms with van der Waals surface area (Å²) in [5, 5.41) is 0. The zero-order valence-corrected chi connectivity index (χ0v) is 11.8. The predicted octanol–water partition coefficient (Wildman–Crippen LogP) is 2.69. The van der Waals surface area contributed by atoms with Crippen molar-refractivity contribution in [3.8, 4) is 0 Å². The molecule has 16 heavy (non-hydrogen) atoms. The minimum atomic E-state index is 0.313. The van der Waals surface area contributed by atoms with Crippen molar-refractivity contribution < 1.29 is 0 Å². The molecule has 0 aliphatic heterocycles. The molecule has 1 rings (SSSR count). The summed E-state index contributed by atoms with van der Waals surface area (Å²) in [6.07, 6.45) is 1.70. The van der Waals surface area contributed by atoms with E-state index in [1.54, 1.807) is 6.20 Å². The third-order valence-corrected chi connectivity index (χ3v) is 2.76. The maximum Gasteiger partial charge on any atom is 0.222 e. The molecule has 0 amide bonds. The van der Waals surface area contributed by atoms with Crippen molar-refractivity contribution in [2.45, 2.75) is 33.7 Å². The van der Waals surface area contributed by atoms with E-state index < -0.39 is 0 Å². The molecule has 0 aliphatic carbocycles. The molecule has 0 fully saturated rings. The molecule has 90 valence electrons. The average molecular weight is 287 g/mol. The van der Waals surface area contributed by atoms with E-state index in [1.165, 1.54) is 0 Å². The smallest absolute Gasteiger partial charge is 0.222 e. The molecule has 0 aromatic carbocycles. The van der Waals surface area contributed by atoms with Crippen LogP contribution in [0.15, 0.2) is 10.7 Å². The van der Waals surface area contributed by atoms with Gasteiger partial charge in [-0.2, -0.15) is 4.98 Å². The van der Waals surface area contributed by atoms with Crippen molar-refractivity contribution in [3.05, 3.63) is 10.7 Å². The van der Waals surface area contributed by atoms with Crippen molar-refractivity contribution in [2.24, 2.45) is 5.92 Å². The standard InChI is InChI=1S/C11H19BrN4/c1-7(2)6-16(8(3)4)10-9(12)5-14-11(13)15-10/h5,7-8H,6H2,1-4H3,(H2,13,14,15). The number of aromatic nitrogens is 2. The highest BCUT2D eigenvalue weighted by Gasteiger charge is 2.17. The van der Waals surface area contributed by atoms with Gasteiger partial charge in [0.2, 0.25) is 5.95 Å². The first kappa shape index (κ1) is 13.2. The highest BCUT2D eigenvalue weighted by molar-refractivity contribution is 9.10. The number of nitrogens with two attached hydrogens (primary N) is 1. The summed E-state index contributed by atoms with van der Waals surface area (Å²) in [5.41, 5.74) is 5.63. The van der Waals surface area contributed by atoms with Crippen molar-refractivity contribution >= 4 is 27.7 Å². The second kappa shape index (κ2) is 5.48. The third kappa shape index (κ3) is 3.33. The first-order valence-electron chi connectivity index (χ1n) is 5.46. The lowest BCUT2D eigenvalue weighted by Gasteiger charge is -2.30. The van der Waals surface area contributed by atoms with Gasteiger partial charge < -0.3 is 10.6 Å². The summed E-state index contributed by atoms with van der Waals surface area (Å²) in [4.78, 5) is 10.5. The maximum atomic E-state index is 5.63. The molecule has 1 aromatic rings. The molecule has 0 aliphatic rings. The zero-order chi connectivity index (χ0) is 12.3. The van der Waals surface area contributed by atoms with Crippen LogP contribution in [-0.2, 0) is 0 Å². The largest absolute Gasteiger partial charge is 0.368 e. The highest BCUT2D eigenvalue weighted by atomic mass is 79.9. The van der Waals surface area contributed by atoms with Crippen LogP contribution < -0.4 is 10.6 Å². The fourth-order valence-electron chi connectivity index (χ4n) is 1.51. The first-order chi connectivity index (χ1) is 7.41. The van der Waals surface area contributed by atoms with Gasteiger partial charge in [0.1, 0.15) is 5.82 Å². The quantitative estimate of drug-likeness (QED) is 0.925. The summed E-state index contributed by atoms with van der Waals surface area (Å²) < 4.78 is 0.885. The molecule has 0 saturated carbocycles. The maximum absolute atomic E-state index is 5.63. The van der Waals surface area contributed by atoms with E-state index in [1.807, 2.05) is 0 Å². The van der Waals surface area contributed by atoms with Crippen LogP contribution >= 0.6 is 15.9 Å². The molecule has 0 radical (unpaired) electrons. The molecule has 0 saturated heterocycles. The van der Waals surface area contributed by atoms with Crippen LogP contribution in [0.2, 0.25) is 0 Å². The van der Waals surface area contributed by atoms with E-state index >= 15 is 0 Å². The van der Waals surface area contributed by atoms with Gasteiger partial charge in [0.15, 0.2) is 0 Å². The Morgan fingerprint density at radius 3 is 2.50 bits per heavy atom. The Bertz CT molecular complexity index is 352. The minimum Gasteiger partial charge on any atom is -0.368 e. The molecule has 0 unspecified atom stereocenters. The fraction of sp³-hybridized carbons (Fsp3) is 0.636. The van der Waals surface area contributed by atoms with Gasteiger partial charge in [-0.15, -0.1) is 0 Å². The van der Waals surface area contributed by atoms with E-state index in [2.05, 4.69) is 58.5 Å². The first-order valence-corrected chi connectivity index (χ1v) is 6.25. The average Bonchev–Trinajstić information content (AvgIpc) is 2.18. The molecule has 5 heteroatoms. The van der Waals surface area contributed by atoms with Gasteiger partial charge in [-0.05, 0) is 35.7 Å². The summed E-state index contributed by atoms with van der Waals surface area (Å²) >= 11 is 3.47. The molecular weight excluding hydrogens is 268 g/mol. The Morgan fingerprint density at radius 1 is 1.38 bits per heavy atom. The van der Waals surface area contributed by atoms with E-state index in [4.69, 9.17) is 5.73 Å². The van der Waals surface area contributed by atoms with Crippen molar-refractivity contribution in [2.75, 3.05) is 17.2 Å². The Morgan fingerprint density at radius 2 is 2.00 bits per heavy atom. The van der Waals surface area contributed by atoms with Crippen LogP contribution in [0.4, 0.5) is 11.8 Å². The van der Waals surface area contributed by atoms with Crippen molar-refractivity contribution in [1.29, 1.82) is 0 Å². The molecule has 1 aromatic heterocycles. The summed E-state index contributed by atoms with van der Waals surface area (Å²) in [7, 11) is 0. The number of anilines is 2. The van der Waals surface area contributed by atoms with Gasteiger partial charge in [0.05, 0.1) is 4.47 Å². The highest BCUT2D eigenvalue weighted by Crippen LogP contribution is 2.26. The van der Waals surface area contributed by atoms with Crippen molar-refractivity contribution in [1.82, 2.24) is 9.97 Å². The van der Waals surface area contributed by atoms with Crippen LogP contribution in [0.25, 0.3) is 0 Å². The molecule has 2 N–H and O–H groups in total. The van der Waals surface area contributed by atoms with E-state index in [9.17, 15) is 0 Å². The minimum absolute atomic E-state index is 0.313. The number of nitrogen functional groups attached to an aromatic ring is 1. The lowest BCUT2D eigenvalue weighted by atomic mass is 10.2. The Balaban J connectivity index is 3.05. The SMILES string of the molecule is CC(C)CN(c1nc(N)ncc1Br)C(C)C. The molecule has 0 spiro atoms. The predicted molar refractivity (Wildman–Crippen MR) is 71.5 cm³/mol. The summed E-state index contributed by atoms with van der Waals surface area (Å²) in [6, 6.07) is 0.382. The lowest BCUT2D eigenvalue weighted by Crippen LogP contribution is -2.35. The fourth-order valence-corrected chi connectivity index (χ4v) is 1.93. The Kier molecular flexibility index (Phi) is 4.53. The second-order valence-electron chi connectivity index (χ2n) is 4.54. The second-order valence-corrected chi connectivity index (χ2v) is 5.39. The van der Waals surface area contributed by atoms with Crippen LogP contribution in [0.1, 0.15) is 27.7 Å². The van der Waals surface area contributed by atoms with Crippen molar-refractivity contribution in [3.63, 3.8) is 0 Å². The van der Waals surface area contributed by atoms with E-state index in [-0.39, 0.29) is 0 Å². The molecule has 0 atom stereocenters. The van der Waals surface area contributed by atoms with Crippen LogP contribution in [0, 0.1) is 5.92 Å². The Hall–Kier alpha value is -0.840. The zero-order valence-electron chi connectivity index (χ0n) is 10.2. The van der Waals surface area contributed by atoms with Crippen LogP contribution in [0.3, 0.4) is 0 Å². The van der Waals surface area contributed by atoms with Gasteiger partial charge in [0.25, 0.3) is 0 Å². The number of rotatable bonds is 4. The van der Waals surface area contributed by atoms with Crippen LogP contribution in [0.5, 0.6) is 0 Å². The normalized spacial score (nSPS) is 11.2. The van der Waals surface area contributed by atoms with Gasteiger partial charge in [-0.25, -0.2) is 4.98 Å². The van der Waals surface area contributed by atoms with E-state index in [0.717, 1.165) is 16.8 Å². The van der Waals surface area contributed by atoms with Gasteiger partial charge >= 0.3 is 0 Å². The number of hydrogen-bond acceptors (Lipinski definition) is 4. The molecule has 1 heterocycles. The monoisotopic (exact) mass is 286 g/mol. The molecule has 4 nitrogen and oxygen atoms in total. The molecule has 0 bridgehead atoms. The Labute approximate surface area is 105 Å². The van der Waals surface area contributed by atoms with Crippen LogP contribution in [-0.4, -0.2) is 22.6 Å². The number of nitrogens with zero attached hydrogens (tertiary/aromatic N) is 3. The van der Waals surface area contributed by atoms with Gasteiger partial charge in [-0.3, -0.25) is 0 Å². The molecular formula is C11H19BrN4. The number of halogens is 1. The van der Waals surface area contributed by atoms with Gasteiger partial charge in [0, 0.05) is 18.8 Å². The van der Waals surface area contributed by atoms with Gasteiger partial charge in [-0.1, -0.05) is 13.8 Å². The third-order valence-electron chi connectivity index (χ3n) is 2.20. The summed E-state index contributed by atoms with van der Waals surface area (Å²) in [6.45, 7) is 9.62. The number of hydrogen-bond donors (Lipinski definition) is 1. The van der Waals surface area contributed by atoms with E-state index in [0.29, 0.717) is 17.9 Å².